The zero-order chi connectivity index (χ0) is 14.9. The van der Waals surface area contributed by atoms with Crippen molar-refractivity contribution in [1.82, 2.24) is 10.1 Å². The van der Waals surface area contributed by atoms with Gasteiger partial charge in [-0.2, -0.15) is 4.98 Å². The molecule has 1 unspecified atom stereocenters. The van der Waals surface area contributed by atoms with Crippen LogP contribution in [0.1, 0.15) is 23.9 Å². The summed E-state index contributed by atoms with van der Waals surface area (Å²) in [6, 6.07) is 16.2. The lowest BCUT2D eigenvalue weighted by molar-refractivity contribution is 0.254. The molecule has 2 aromatic carbocycles. The van der Waals surface area contributed by atoms with Gasteiger partial charge in [-0.1, -0.05) is 35.5 Å². The summed E-state index contributed by atoms with van der Waals surface area (Å²) in [4.78, 5) is 4.50. The second kappa shape index (κ2) is 5.30. The van der Waals surface area contributed by atoms with Crippen LogP contribution < -0.4 is 4.74 Å². The van der Waals surface area contributed by atoms with Gasteiger partial charge in [0, 0.05) is 18.4 Å². The Kier molecular flexibility index (Phi) is 3.15. The molecule has 0 N–H and O–H groups in total. The van der Waals surface area contributed by atoms with E-state index in [9.17, 15) is 0 Å². The molecule has 2 heterocycles. The van der Waals surface area contributed by atoms with E-state index in [0.29, 0.717) is 18.1 Å². The number of ether oxygens (including phenoxy) is 1. The maximum absolute atomic E-state index is 5.72. The predicted molar refractivity (Wildman–Crippen MR) is 82.8 cm³/mol. The van der Waals surface area contributed by atoms with Crippen LogP contribution in [-0.2, 0) is 12.8 Å². The van der Waals surface area contributed by atoms with Gasteiger partial charge in [0.15, 0.2) is 5.82 Å². The van der Waals surface area contributed by atoms with Crippen molar-refractivity contribution in [2.45, 2.75) is 25.9 Å². The van der Waals surface area contributed by atoms with Gasteiger partial charge in [-0.3, -0.25) is 0 Å². The Morgan fingerprint density at radius 2 is 2.00 bits per heavy atom. The minimum Gasteiger partial charge on any atom is -0.490 e. The summed E-state index contributed by atoms with van der Waals surface area (Å²) in [6.45, 7) is 2.07. The molecule has 22 heavy (non-hydrogen) atoms. The van der Waals surface area contributed by atoms with E-state index in [-0.39, 0.29) is 6.10 Å². The lowest BCUT2D eigenvalue weighted by atomic mass is 10.1. The topological polar surface area (TPSA) is 48.2 Å². The summed E-state index contributed by atoms with van der Waals surface area (Å²) < 4.78 is 11.1. The third kappa shape index (κ3) is 2.48. The molecule has 110 valence electrons. The van der Waals surface area contributed by atoms with Crippen molar-refractivity contribution in [3.63, 3.8) is 0 Å². The molecule has 0 radical (unpaired) electrons. The second-order valence-electron chi connectivity index (χ2n) is 5.63. The molecule has 4 nitrogen and oxygen atoms in total. The van der Waals surface area contributed by atoms with Crippen LogP contribution in [-0.4, -0.2) is 16.2 Å². The molecule has 1 aliphatic rings. The van der Waals surface area contributed by atoms with Gasteiger partial charge in [-0.05, 0) is 36.2 Å². The van der Waals surface area contributed by atoms with E-state index in [2.05, 4.69) is 35.3 Å². The molecule has 0 aliphatic carbocycles. The van der Waals surface area contributed by atoms with Gasteiger partial charge >= 0.3 is 0 Å². The summed E-state index contributed by atoms with van der Waals surface area (Å²) in [7, 11) is 0. The Balaban J connectivity index is 1.58. The van der Waals surface area contributed by atoms with E-state index in [1.807, 2.05) is 30.3 Å². The molecule has 1 aliphatic heterocycles. The first kappa shape index (κ1) is 13.1. The molecular formula is C18H16N2O2. The van der Waals surface area contributed by atoms with Crippen molar-refractivity contribution >= 4 is 0 Å². The number of fused-ring (bicyclic) bond motifs is 1. The van der Waals surface area contributed by atoms with E-state index in [1.54, 1.807) is 0 Å². The maximum atomic E-state index is 5.72. The average molecular weight is 292 g/mol. The van der Waals surface area contributed by atoms with Crippen molar-refractivity contribution in [3.05, 3.63) is 65.5 Å². The van der Waals surface area contributed by atoms with Crippen LogP contribution >= 0.6 is 0 Å². The minimum atomic E-state index is 0.238. The number of benzene rings is 2. The molecule has 0 spiro atoms. The second-order valence-corrected chi connectivity index (χ2v) is 5.63. The van der Waals surface area contributed by atoms with Crippen molar-refractivity contribution in [3.8, 4) is 17.2 Å². The van der Waals surface area contributed by atoms with Gasteiger partial charge < -0.3 is 9.26 Å². The normalized spacial score (nSPS) is 16.3. The zero-order valence-electron chi connectivity index (χ0n) is 12.3. The lowest BCUT2D eigenvalue weighted by Gasteiger charge is -2.01. The number of hydrogen-bond acceptors (Lipinski definition) is 4. The largest absolute Gasteiger partial charge is 0.490 e. The highest BCUT2D eigenvalue weighted by Gasteiger charge is 2.20. The first-order valence-electron chi connectivity index (χ1n) is 7.44. The van der Waals surface area contributed by atoms with Crippen molar-refractivity contribution in [2.75, 3.05) is 0 Å². The van der Waals surface area contributed by atoms with E-state index in [4.69, 9.17) is 9.26 Å². The number of aromatic nitrogens is 2. The molecule has 3 aromatic rings. The van der Waals surface area contributed by atoms with Crippen LogP contribution in [0.5, 0.6) is 5.75 Å². The van der Waals surface area contributed by atoms with E-state index >= 15 is 0 Å². The quantitative estimate of drug-likeness (QED) is 0.739. The Bertz CT molecular complexity index is 796. The van der Waals surface area contributed by atoms with Crippen LogP contribution in [0.4, 0.5) is 0 Å². The Labute approximate surface area is 128 Å². The van der Waals surface area contributed by atoms with Crippen LogP contribution in [0.15, 0.2) is 53.1 Å². The smallest absolute Gasteiger partial charge is 0.257 e. The van der Waals surface area contributed by atoms with Crippen molar-refractivity contribution < 1.29 is 9.26 Å². The third-order valence-electron chi connectivity index (χ3n) is 3.82. The number of rotatable bonds is 3. The van der Waals surface area contributed by atoms with Gasteiger partial charge in [0.2, 0.25) is 0 Å². The molecule has 4 rings (SSSR count). The minimum absolute atomic E-state index is 0.238. The van der Waals surface area contributed by atoms with Gasteiger partial charge in [-0.15, -0.1) is 0 Å². The highest BCUT2D eigenvalue weighted by Crippen LogP contribution is 2.32. The SMILES string of the molecule is CC1Cc2cc(-c3nc(Cc4ccccc4)no3)ccc2O1. The molecule has 1 aromatic heterocycles. The number of nitrogens with zero attached hydrogens (tertiary/aromatic N) is 2. The first-order valence-corrected chi connectivity index (χ1v) is 7.44. The molecule has 0 bridgehead atoms. The summed E-state index contributed by atoms with van der Waals surface area (Å²) >= 11 is 0. The molecule has 0 fully saturated rings. The van der Waals surface area contributed by atoms with E-state index < -0.39 is 0 Å². The Hall–Kier alpha value is -2.62. The monoisotopic (exact) mass is 292 g/mol. The zero-order valence-corrected chi connectivity index (χ0v) is 12.3. The van der Waals surface area contributed by atoms with E-state index in [0.717, 1.165) is 17.7 Å². The number of hydrogen-bond donors (Lipinski definition) is 0. The summed E-state index contributed by atoms with van der Waals surface area (Å²) in [5, 5.41) is 4.08. The van der Waals surface area contributed by atoms with Crippen LogP contribution in [0.3, 0.4) is 0 Å². The average Bonchev–Trinajstić information content (AvgIpc) is 3.13. The van der Waals surface area contributed by atoms with Gasteiger partial charge in [0.05, 0.1) is 0 Å². The van der Waals surface area contributed by atoms with Crippen molar-refractivity contribution in [2.24, 2.45) is 0 Å². The van der Waals surface area contributed by atoms with Gasteiger partial charge in [-0.25, -0.2) is 0 Å². The van der Waals surface area contributed by atoms with Crippen molar-refractivity contribution in [1.29, 1.82) is 0 Å². The standard InChI is InChI=1S/C18H16N2O2/c1-12-9-15-11-14(7-8-16(15)21-12)18-19-17(20-22-18)10-13-5-3-2-4-6-13/h2-8,11-12H,9-10H2,1H3. The Morgan fingerprint density at radius 1 is 1.14 bits per heavy atom. The summed E-state index contributed by atoms with van der Waals surface area (Å²) in [5.41, 5.74) is 3.32. The lowest BCUT2D eigenvalue weighted by Crippen LogP contribution is -2.05. The molecule has 4 heteroatoms. The molecule has 0 saturated carbocycles. The van der Waals surface area contributed by atoms with Gasteiger partial charge in [0.25, 0.3) is 5.89 Å². The molecule has 0 amide bonds. The molecular weight excluding hydrogens is 276 g/mol. The van der Waals surface area contributed by atoms with E-state index in [1.165, 1.54) is 11.1 Å². The first-order chi connectivity index (χ1) is 10.8. The fourth-order valence-electron chi connectivity index (χ4n) is 2.78. The Morgan fingerprint density at radius 3 is 2.86 bits per heavy atom. The van der Waals surface area contributed by atoms with Crippen LogP contribution in [0.2, 0.25) is 0 Å². The fourth-order valence-corrected chi connectivity index (χ4v) is 2.78. The third-order valence-corrected chi connectivity index (χ3v) is 3.82. The maximum Gasteiger partial charge on any atom is 0.257 e. The summed E-state index contributed by atoms with van der Waals surface area (Å²) in [6.07, 6.45) is 1.84. The highest BCUT2D eigenvalue weighted by molar-refractivity contribution is 5.58. The predicted octanol–water partition coefficient (Wildman–Crippen LogP) is 3.65. The van der Waals surface area contributed by atoms with Crippen LogP contribution in [0.25, 0.3) is 11.5 Å². The fraction of sp³-hybridized carbons (Fsp3) is 0.222. The van der Waals surface area contributed by atoms with Gasteiger partial charge in [0.1, 0.15) is 11.9 Å². The highest BCUT2D eigenvalue weighted by atomic mass is 16.5. The van der Waals surface area contributed by atoms with Crippen LogP contribution in [0, 0.1) is 0 Å². The molecule has 0 saturated heterocycles. The summed E-state index contributed by atoms with van der Waals surface area (Å²) in [5.74, 6) is 2.22. The molecule has 1 atom stereocenters.